The number of carbonyl (C=O) groups excluding carboxylic acids is 1. The Labute approximate surface area is 210 Å². The number of carbonyl (C=O) groups is 1. The molecule has 0 saturated heterocycles. The maximum absolute atomic E-state index is 13.8. The number of nitrogens with zero attached hydrogens (tertiary/aromatic N) is 1. The van der Waals surface area contributed by atoms with Crippen molar-refractivity contribution in [3.63, 3.8) is 0 Å². The fourth-order valence-electron chi connectivity index (χ4n) is 4.05. The highest BCUT2D eigenvalue weighted by Crippen LogP contribution is 2.31. The van der Waals surface area contributed by atoms with Crippen LogP contribution in [0, 0.1) is 6.92 Å². The number of aryl methyl sites for hydroxylation is 1. The molecule has 0 bridgehead atoms. The van der Waals surface area contributed by atoms with E-state index in [4.69, 9.17) is 4.74 Å². The molecular weight excluding hydrogens is 472 g/mol. The van der Waals surface area contributed by atoms with Gasteiger partial charge in [0.2, 0.25) is 15.7 Å². The molecule has 7 heteroatoms. The van der Waals surface area contributed by atoms with Crippen molar-refractivity contribution in [1.29, 1.82) is 0 Å². The fourth-order valence-corrected chi connectivity index (χ4v) is 5.53. The van der Waals surface area contributed by atoms with Crippen LogP contribution >= 0.6 is 0 Å². The van der Waals surface area contributed by atoms with Gasteiger partial charge in [-0.25, -0.2) is 13.4 Å². The largest absolute Gasteiger partial charge is 0.475 e. The van der Waals surface area contributed by atoms with E-state index >= 15 is 0 Å². The Bertz CT molecular complexity index is 1560. The molecule has 1 N–H and O–H groups in total. The first-order valence-electron chi connectivity index (χ1n) is 11.5. The van der Waals surface area contributed by atoms with Gasteiger partial charge in [-0.1, -0.05) is 66.2 Å². The van der Waals surface area contributed by atoms with Gasteiger partial charge in [0.25, 0.3) is 5.91 Å². The lowest BCUT2D eigenvalue weighted by Crippen LogP contribution is -2.18. The van der Waals surface area contributed by atoms with Crippen molar-refractivity contribution in [3.8, 4) is 11.1 Å². The van der Waals surface area contributed by atoms with Gasteiger partial charge in [0, 0.05) is 0 Å². The summed E-state index contributed by atoms with van der Waals surface area (Å²) in [6.45, 7) is 2.93. The van der Waals surface area contributed by atoms with Crippen molar-refractivity contribution in [2.75, 3.05) is 18.5 Å². The lowest BCUT2D eigenvalue weighted by atomic mass is 10.0. The van der Waals surface area contributed by atoms with Gasteiger partial charge in [0.05, 0.1) is 33.2 Å². The molecule has 0 unspecified atom stereocenters. The molecule has 0 atom stereocenters. The maximum atomic E-state index is 13.8. The lowest BCUT2D eigenvalue weighted by molar-refractivity contribution is 0.102. The zero-order chi connectivity index (χ0) is 25.1. The fraction of sp³-hybridized carbons (Fsp3) is 0.103. The van der Waals surface area contributed by atoms with Crippen LogP contribution in [0.25, 0.3) is 11.1 Å². The minimum absolute atomic E-state index is 0.0549. The van der Waals surface area contributed by atoms with Crippen LogP contribution in [0.3, 0.4) is 0 Å². The summed E-state index contributed by atoms with van der Waals surface area (Å²) in [6, 6.07) is 28.1. The number of para-hydroxylation sites is 1. The second-order valence-electron chi connectivity index (χ2n) is 8.43. The van der Waals surface area contributed by atoms with Crippen molar-refractivity contribution in [1.82, 2.24) is 0 Å². The standard InChI is InChI=1S/C29H24N2O4S/c1-20-11-14-23(15-12-20)36(33,34)27-19-22(21-7-3-2-4-8-21)13-16-25(27)28(32)31-26-10-6-5-9-24(26)29-30-17-18-35-29/h2-16,19H,17-18H2,1H3,(H,31,32). The summed E-state index contributed by atoms with van der Waals surface area (Å²) in [5.74, 6) is -0.0795. The molecule has 0 spiro atoms. The molecule has 4 aromatic rings. The van der Waals surface area contributed by atoms with Crippen molar-refractivity contribution >= 4 is 27.3 Å². The van der Waals surface area contributed by atoms with Crippen molar-refractivity contribution in [2.24, 2.45) is 4.99 Å². The minimum atomic E-state index is -3.99. The molecular formula is C29H24N2O4S. The number of benzene rings is 4. The van der Waals surface area contributed by atoms with Gasteiger partial charge in [-0.15, -0.1) is 0 Å². The van der Waals surface area contributed by atoms with Crippen LogP contribution in [0.4, 0.5) is 5.69 Å². The van der Waals surface area contributed by atoms with Crippen molar-refractivity contribution < 1.29 is 17.9 Å². The summed E-state index contributed by atoms with van der Waals surface area (Å²) in [7, 11) is -3.99. The van der Waals surface area contributed by atoms with Gasteiger partial charge in [-0.2, -0.15) is 0 Å². The number of sulfone groups is 1. The summed E-state index contributed by atoms with van der Waals surface area (Å²) >= 11 is 0. The smallest absolute Gasteiger partial charge is 0.257 e. The van der Waals surface area contributed by atoms with E-state index in [-0.39, 0.29) is 15.4 Å². The molecule has 6 nitrogen and oxygen atoms in total. The summed E-state index contributed by atoms with van der Waals surface area (Å²) in [4.78, 5) is 17.9. The topological polar surface area (TPSA) is 84.8 Å². The average molecular weight is 497 g/mol. The number of hydrogen-bond acceptors (Lipinski definition) is 5. The molecule has 0 aliphatic carbocycles. The van der Waals surface area contributed by atoms with Crippen LogP contribution < -0.4 is 5.32 Å². The Hall–Kier alpha value is -4.23. The monoisotopic (exact) mass is 496 g/mol. The third kappa shape index (κ3) is 4.65. The Balaban J connectivity index is 1.60. The first-order valence-corrected chi connectivity index (χ1v) is 13.0. The summed E-state index contributed by atoms with van der Waals surface area (Å²) in [6.07, 6.45) is 0. The van der Waals surface area contributed by atoms with E-state index in [9.17, 15) is 13.2 Å². The molecule has 180 valence electrons. The summed E-state index contributed by atoms with van der Waals surface area (Å²) in [5.41, 5.74) is 3.69. The van der Waals surface area contributed by atoms with Gasteiger partial charge in [-0.3, -0.25) is 4.79 Å². The van der Waals surface area contributed by atoms with Crippen LogP contribution in [0.5, 0.6) is 0 Å². The van der Waals surface area contributed by atoms with E-state index in [1.54, 1.807) is 54.6 Å². The van der Waals surface area contributed by atoms with Gasteiger partial charge < -0.3 is 10.1 Å². The minimum Gasteiger partial charge on any atom is -0.475 e. The molecule has 1 aliphatic heterocycles. The Morgan fingerprint density at radius 2 is 1.58 bits per heavy atom. The number of nitrogens with one attached hydrogen (secondary N) is 1. The lowest BCUT2D eigenvalue weighted by Gasteiger charge is -2.15. The molecule has 5 rings (SSSR count). The van der Waals surface area contributed by atoms with Crippen molar-refractivity contribution in [3.05, 3.63) is 114 Å². The number of ether oxygens (including phenoxy) is 1. The van der Waals surface area contributed by atoms with E-state index in [0.717, 1.165) is 11.1 Å². The van der Waals surface area contributed by atoms with Crippen molar-refractivity contribution in [2.45, 2.75) is 16.7 Å². The van der Waals surface area contributed by atoms with E-state index < -0.39 is 15.7 Å². The third-order valence-electron chi connectivity index (χ3n) is 5.95. The SMILES string of the molecule is Cc1ccc(S(=O)(=O)c2cc(-c3ccccc3)ccc2C(=O)Nc2ccccc2C2=NCCO2)cc1. The molecule has 4 aromatic carbocycles. The third-order valence-corrected chi connectivity index (χ3v) is 7.75. The predicted octanol–water partition coefficient (Wildman–Crippen LogP) is 5.52. The van der Waals surface area contributed by atoms with Gasteiger partial charge in [0.15, 0.2) is 0 Å². The zero-order valence-electron chi connectivity index (χ0n) is 19.6. The maximum Gasteiger partial charge on any atom is 0.257 e. The Kier molecular flexibility index (Phi) is 6.40. The van der Waals surface area contributed by atoms with Gasteiger partial charge in [0.1, 0.15) is 6.61 Å². The number of amides is 1. The molecule has 0 radical (unpaired) electrons. The van der Waals surface area contributed by atoms with E-state index in [2.05, 4.69) is 10.3 Å². The van der Waals surface area contributed by atoms with E-state index in [1.807, 2.05) is 49.4 Å². The van der Waals surface area contributed by atoms with Gasteiger partial charge in [-0.05, 0) is 54.4 Å². The molecule has 1 aliphatic rings. The Morgan fingerprint density at radius 3 is 2.31 bits per heavy atom. The normalized spacial score (nSPS) is 13.1. The van der Waals surface area contributed by atoms with Crippen LogP contribution in [-0.4, -0.2) is 33.4 Å². The molecule has 36 heavy (non-hydrogen) atoms. The zero-order valence-corrected chi connectivity index (χ0v) is 20.5. The van der Waals surface area contributed by atoms with Gasteiger partial charge >= 0.3 is 0 Å². The number of hydrogen-bond donors (Lipinski definition) is 1. The summed E-state index contributed by atoms with van der Waals surface area (Å²) in [5, 5.41) is 2.87. The van der Waals surface area contributed by atoms with Crippen LogP contribution in [0.2, 0.25) is 0 Å². The molecule has 0 saturated carbocycles. The van der Waals surface area contributed by atoms with E-state index in [1.165, 1.54) is 0 Å². The first kappa shape index (κ1) is 23.5. The second-order valence-corrected chi connectivity index (χ2v) is 10.3. The molecule has 1 amide bonds. The summed E-state index contributed by atoms with van der Waals surface area (Å²) < 4.78 is 33.1. The first-order chi connectivity index (χ1) is 17.4. The highest BCUT2D eigenvalue weighted by atomic mass is 32.2. The molecule has 0 fully saturated rings. The highest BCUT2D eigenvalue weighted by molar-refractivity contribution is 7.91. The second kappa shape index (κ2) is 9.79. The Morgan fingerprint density at radius 1 is 0.861 bits per heavy atom. The van der Waals surface area contributed by atoms with Crippen LogP contribution in [0.1, 0.15) is 21.5 Å². The average Bonchev–Trinajstić information content (AvgIpc) is 3.44. The molecule has 0 aromatic heterocycles. The number of aliphatic imine (C=N–C) groups is 1. The van der Waals surface area contributed by atoms with Crippen LogP contribution in [0.15, 0.2) is 112 Å². The van der Waals surface area contributed by atoms with E-state index in [0.29, 0.717) is 35.9 Å². The highest BCUT2D eigenvalue weighted by Gasteiger charge is 2.26. The molecule has 1 heterocycles. The van der Waals surface area contributed by atoms with Crippen LogP contribution in [-0.2, 0) is 14.6 Å². The number of anilines is 1. The predicted molar refractivity (Wildman–Crippen MR) is 140 cm³/mol. The number of rotatable bonds is 6. The quantitative estimate of drug-likeness (QED) is 0.381.